The summed E-state index contributed by atoms with van der Waals surface area (Å²) in [5.41, 5.74) is 6.18. The fourth-order valence-electron chi connectivity index (χ4n) is 1.30. The summed E-state index contributed by atoms with van der Waals surface area (Å²) in [5, 5.41) is 3.84. The Bertz CT molecular complexity index is 476. The maximum absolute atomic E-state index is 5.93. The summed E-state index contributed by atoms with van der Waals surface area (Å²) in [7, 11) is 0. The van der Waals surface area contributed by atoms with E-state index in [0.717, 1.165) is 12.8 Å². The third kappa shape index (κ3) is 1.39. The number of nitrogens with zero attached hydrogens (tertiary/aromatic N) is 4. The minimum Gasteiger partial charge on any atom is -0.337 e. The van der Waals surface area contributed by atoms with Gasteiger partial charge in [0.2, 0.25) is 11.7 Å². The summed E-state index contributed by atoms with van der Waals surface area (Å²) in [5.74, 6) is 0.959. The predicted molar refractivity (Wildman–Crippen MR) is 50.4 cm³/mol. The summed E-state index contributed by atoms with van der Waals surface area (Å²) >= 11 is 0. The normalized spacial score (nSPS) is 17.7. The molecule has 2 aromatic heterocycles. The van der Waals surface area contributed by atoms with Crippen LogP contribution in [0.1, 0.15) is 18.7 Å². The highest BCUT2D eigenvalue weighted by molar-refractivity contribution is 5.46. The molecule has 1 fully saturated rings. The second-order valence-electron chi connectivity index (χ2n) is 3.67. The first kappa shape index (κ1) is 8.49. The first-order valence-electron chi connectivity index (χ1n) is 4.67. The van der Waals surface area contributed by atoms with Gasteiger partial charge in [0.25, 0.3) is 0 Å². The average molecular weight is 203 g/mol. The van der Waals surface area contributed by atoms with E-state index in [1.807, 2.05) is 0 Å². The van der Waals surface area contributed by atoms with Crippen LogP contribution in [-0.2, 0) is 5.54 Å². The molecule has 76 valence electrons. The molecule has 1 aliphatic rings. The quantitative estimate of drug-likeness (QED) is 0.763. The summed E-state index contributed by atoms with van der Waals surface area (Å²) in [6.45, 7) is 0. The van der Waals surface area contributed by atoms with Crippen molar-refractivity contribution in [3.63, 3.8) is 0 Å². The highest BCUT2D eigenvalue weighted by atomic mass is 16.5. The maximum atomic E-state index is 5.93. The monoisotopic (exact) mass is 203 g/mol. The van der Waals surface area contributed by atoms with Crippen molar-refractivity contribution in [3.8, 4) is 11.5 Å². The van der Waals surface area contributed by atoms with Gasteiger partial charge in [-0.25, -0.2) is 9.97 Å². The molecule has 6 heteroatoms. The fraction of sp³-hybridized carbons (Fsp3) is 0.333. The molecule has 1 aliphatic carbocycles. The molecule has 0 radical (unpaired) electrons. The molecule has 2 heterocycles. The van der Waals surface area contributed by atoms with Crippen LogP contribution in [0.5, 0.6) is 0 Å². The Hall–Kier alpha value is -1.82. The van der Waals surface area contributed by atoms with E-state index in [2.05, 4.69) is 20.1 Å². The molecular formula is C9H9N5O. The largest absolute Gasteiger partial charge is 0.337 e. The molecular weight excluding hydrogens is 194 g/mol. The van der Waals surface area contributed by atoms with Crippen molar-refractivity contribution in [2.75, 3.05) is 0 Å². The third-order valence-electron chi connectivity index (χ3n) is 2.45. The topological polar surface area (TPSA) is 90.7 Å². The molecule has 0 aliphatic heterocycles. The zero-order chi connectivity index (χ0) is 10.3. The molecule has 0 aromatic carbocycles. The Morgan fingerprint density at radius 3 is 2.93 bits per heavy atom. The van der Waals surface area contributed by atoms with Crippen molar-refractivity contribution < 1.29 is 4.52 Å². The highest BCUT2D eigenvalue weighted by Crippen LogP contribution is 2.41. The van der Waals surface area contributed by atoms with Gasteiger partial charge in [-0.05, 0) is 18.9 Å². The lowest BCUT2D eigenvalue weighted by molar-refractivity contribution is 0.348. The average Bonchev–Trinajstić information content (AvgIpc) is 2.85. The zero-order valence-electron chi connectivity index (χ0n) is 7.92. The molecule has 1 saturated carbocycles. The van der Waals surface area contributed by atoms with Gasteiger partial charge in [-0.2, -0.15) is 4.98 Å². The van der Waals surface area contributed by atoms with Crippen molar-refractivity contribution in [2.45, 2.75) is 18.4 Å². The SMILES string of the molecule is NC1(c2nc(-c3ccncn3)no2)CC1. The highest BCUT2D eigenvalue weighted by Gasteiger charge is 2.45. The lowest BCUT2D eigenvalue weighted by Crippen LogP contribution is -2.18. The van der Waals surface area contributed by atoms with Crippen LogP contribution in [0.2, 0.25) is 0 Å². The summed E-state index contributed by atoms with van der Waals surface area (Å²) in [4.78, 5) is 12.1. The van der Waals surface area contributed by atoms with Crippen molar-refractivity contribution in [2.24, 2.45) is 5.73 Å². The molecule has 0 unspecified atom stereocenters. The van der Waals surface area contributed by atoms with Gasteiger partial charge in [0.1, 0.15) is 12.0 Å². The first-order valence-corrected chi connectivity index (χ1v) is 4.67. The van der Waals surface area contributed by atoms with Crippen LogP contribution < -0.4 is 5.73 Å². The van der Waals surface area contributed by atoms with Crippen molar-refractivity contribution >= 4 is 0 Å². The molecule has 0 bridgehead atoms. The molecule has 0 spiro atoms. The van der Waals surface area contributed by atoms with Crippen molar-refractivity contribution in [1.29, 1.82) is 0 Å². The van der Waals surface area contributed by atoms with Gasteiger partial charge in [0.15, 0.2) is 0 Å². The van der Waals surface area contributed by atoms with Crippen molar-refractivity contribution in [1.82, 2.24) is 20.1 Å². The van der Waals surface area contributed by atoms with E-state index in [1.165, 1.54) is 6.33 Å². The van der Waals surface area contributed by atoms with Crippen LogP contribution in [0, 0.1) is 0 Å². The number of rotatable bonds is 2. The lowest BCUT2D eigenvalue weighted by Gasteiger charge is -1.97. The van der Waals surface area contributed by atoms with Crippen LogP contribution in [-0.4, -0.2) is 20.1 Å². The van der Waals surface area contributed by atoms with Crippen LogP contribution in [0.25, 0.3) is 11.5 Å². The van der Waals surface area contributed by atoms with E-state index in [1.54, 1.807) is 12.3 Å². The van der Waals surface area contributed by atoms with E-state index >= 15 is 0 Å². The standard InChI is InChI=1S/C9H9N5O/c10-9(2-3-9)8-13-7(14-15-8)6-1-4-11-5-12-6/h1,4-5H,2-3,10H2. The van der Waals surface area contributed by atoms with Gasteiger partial charge in [-0.1, -0.05) is 5.16 Å². The number of aromatic nitrogens is 4. The van der Waals surface area contributed by atoms with Gasteiger partial charge < -0.3 is 10.3 Å². The van der Waals surface area contributed by atoms with Gasteiger partial charge >= 0.3 is 0 Å². The fourth-order valence-corrected chi connectivity index (χ4v) is 1.30. The van der Waals surface area contributed by atoms with Gasteiger partial charge in [-0.15, -0.1) is 0 Å². The van der Waals surface area contributed by atoms with Gasteiger partial charge in [0, 0.05) is 6.20 Å². The van der Waals surface area contributed by atoms with E-state index in [0.29, 0.717) is 17.4 Å². The number of hydrogen-bond donors (Lipinski definition) is 1. The number of nitrogens with two attached hydrogens (primary N) is 1. The first-order chi connectivity index (χ1) is 7.28. The minimum atomic E-state index is -0.391. The Balaban J connectivity index is 1.97. The Morgan fingerprint density at radius 1 is 1.40 bits per heavy atom. The minimum absolute atomic E-state index is 0.391. The Morgan fingerprint density at radius 2 is 2.27 bits per heavy atom. The smallest absolute Gasteiger partial charge is 0.247 e. The van der Waals surface area contributed by atoms with Gasteiger partial charge in [0.05, 0.1) is 5.54 Å². The molecule has 15 heavy (non-hydrogen) atoms. The van der Waals surface area contributed by atoms with Gasteiger partial charge in [-0.3, -0.25) is 0 Å². The molecule has 0 atom stereocenters. The molecule has 0 saturated heterocycles. The van der Waals surface area contributed by atoms with E-state index in [-0.39, 0.29) is 0 Å². The van der Waals surface area contributed by atoms with Crippen LogP contribution in [0.15, 0.2) is 23.1 Å². The Labute approximate surface area is 85.5 Å². The number of hydrogen-bond acceptors (Lipinski definition) is 6. The van der Waals surface area contributed by atoms with Crippen LogP contribution in [0.4, 0.5) is 0 Å². The van der Waals surface area contributed by atoms with Crippen LogP contribution in [0.3, 0.4) is 0 Å². The Kier molecular flexibility index (Phi) is 1.60. The molecule has 2 aromatic rings. The summed E-state index contributed by atoms with van der Waals surface area (Å²) in [6, 6.07) is 1.73. The second-order valence-corrected chi connectivity index (χ2v) is 3.67. The van der Waals surface area contributed by atoms with E-state index < -0.39 is 5.54 Å². The van der Waals surface area contributed by atoms with E-state index in [9.17, 15) is 0 Å². The second kappa shape index (κ2) is 2.83. The molecule has 6 nitrogen and oxygen atoms in total. The summed E-state index contributed by atoms with van der Waals surface area (Å²) in [6.07, 6.45) is 4.88. The molecule has 2 N–H and O–H groups in total. The zero-order valence-corrected chi connectivity index (χ0v) is 7.92. The van der Waals surface area contributed by atoms with Crippen LogP contribution >= 0.6 is 0 Å². The summed E-state index contributed by atoms with van der Waals surface area (Å²) < 4.78 is 5.10. The lowest BCUT2D eigenvalue weighted by atomic mass is 10.3. The predicted octanol–water partition coefficient (Wildman–Crippen LogP) is 0.474. The van der Waals surface area contributed by atoms with Crippen molar-refractivity contribution in [3.05, 3.63) is 24.5 Å². The molecule has 3 rings (SSSR count). The maximum Gasteiger partial charge on any atom is 0.247 e. The molecule has 0 amide bonds. The van der Waals surface area contributed by atoms with E-state index in [4.69, 9.17) is 10.3 Å². The third-order valence-corrected chi connectivity index (χ3v) is 2.45.